The van der Waals surface area contributed by atoms with Crippen LogP contribution in [0.2, 0.25) is 5.02 Å². The van der Waals surface area contributed by atoms with E-state index in [0.717, 1.165) is 0 Å². The quantitative estimate of drug-likeness (QED) is 0.892. The average molecular weight is 252 g/mol. The number of benzene rings is 1. The van der Waals surface area contributed by atoms with Crippen molar-refractivity contribution in [2.75, 3.05) is 6.54 Å². The molecule has 1 aromatic rings. The van der Waals surface area contributed by atoms with E-state index in [2.05, 4.69) is 4.72 Å². The highest BCUT2D eigenvalue weighted by atomic mass is 35.5. The summed E-state index contributed by atoms with van der Waals surface area (Å²) in [6.45, 7) is 2.09. The van der Waals surface area contributed by atoms with Gasteiger partial charge in [0.15, 0.2) is 5.82 Å². The van der Waals surface area contributed by atoms with Gasteiger partial charge in [0.25, 0.3) is 0 Å². The molecule has 1 N–H and O–H groups in total. The second-order valence-corrected chi connectivity index (χ2v) is 5.09. The minimum atomic E-state index is -3.79. The summed E-state index contributed by atoms with van der Waals surface area (Å²) < 4.78 is 38.7. The highest BCUT2D eigenvalue weighted by Crippen LogP contribution is 2.21. The zero-order chi connectivity index (χ0) is 11.5. The predicted molar refractivity (Wildman–Crippen MR) is 56.9 cm³/mol. The molecule has 3 nitrogen and oxygen atoms in total. The van der Waals surface area contributed by atoms with Crippen molar-refractivity contribution in [2.45, 2.75) is 18.2 Å². The van der Waals surface area contributed by atoms with E-state index < -0.39 is 20.7 Å². The molecule has 0 amide bonds. The number of hydrogen-bond donors (Lipinski definition) is 1. The fraction of sp³-hybridized carbons (Fsp3) is 0.333. The molecule has 0 bridgehead atoms. The van der Waals surface area contributed by atoms with Gasteiger partial charge in [0, 0.05) is 6.54 Å². The first kappa shape index (κ1) is 12.4. The number of rotatable bonds is 4. The van der Waals surface area contributed by atoms with Crippen LogP contribution in [0.4, 0.5) is 4.39 Å². The zero-order valence-electron chi connectivity index (χ0n) is 8.13. The molecule has 1 aromatic carbocycles. The van der Waals surface area contributed by atoms with Gasteiger partial charge < -0.3 is 0 Å². The Labute approximate surface area is 93.3 Å². The lowest BCUT2D eigenvalue weighted by atomic mass is 10.3. The lowest BCUT2D eigenvalue weighted by molar-refractivity contribution is 0.557. The lowest BCUT2D eigenvalue weighted by Crippen LogP contribution is -2.25. The Morgan fingerprint density at radius 1 is 1.47 bits per heavy atom. The first-order valence-electron chi connectivity index (χ1n) is 4.42. The Balaban J connectivity index is 3.10. The van der Waals surface area contributed by atoms with Gasteiger partial charge in [-0.15, -0.1) is 0 Å². The first-order valence-corrected chi connectivity index (χ1v) is 6.29. The summed E-state index contributed by atoms with van der Waals surface area (Å²) in [6.07, 6.45) is 0.640. The van der Waals surface area contributed by atoms with E-state index in [1.807, 2.05) is 6.92 Å². The lowest BCUT2D eigenvalue weighted by Gasteiger charge is -2.06. The van der Waals surface area contributed by atoms with Crippen LogP contribution in [0.3, 0.4) is 0 Å². The molecule has 0 saturated heterocycles. The molecule has 15 heavy (non-hydrogen) atoms. The zero-order valence-corrected chi connectivity index (χ0v) is 9.70. The van der Waals surface area contributed by atoms with Gasteiger partial charge in [-0.05, 0) is 18.6 Å². The summed E-state index contributed by atoms with van der Waals surface area (Å²) in [4.78, 5) is -0.413. The molecule has 0 spiro atoms. The molecule has 0 aliphatic rings. The Hall–Kier alpha value is -0.650. The Kier molecular flexibility index (Phi) is 4.07. The van der Waals surface area contributed by atoms with Crippen molar-refractivity contribution in [1.29, 1.82) is 0 Å². The van der Waals surface area contributed by atoms with E-state index in [9.17, 15) is 12.8 Å². The van der Waals surface area contributed by atoms with Gasteiger partial charge in [0.1, 0.15) is 4.90 Å². The van der Waals surface area contributed by atoms with Crippen molar-refractivity contribution in [3.05, 3.63) is 29.0 Å². The van der Waals surface area contributed by atoms with E-state index in [-0.39, 0.29) is 11.6 Å². The van der Waals surface area contributed by atoms with Crippen molar-refractivity contribution >= 4 is 21.6 Å². The van der Waals surface area contributed by atoms with Crippen molar-refractivity contribution in [3.63, 3.8) is 0 Å². The smallest absolute Gasteiger partial charge is 0.211 e. The molecule has 6 heteroatoms. The van der Waals surface area contributed by atoms with Gasteiger partial charge in [-0.25, -0.2) is 17.5 Å². The van der Waals surface area contributed by atoms with Crippen LogP contribution in [-0.4, -0.2) is 15.0 Å². The van der Waals surface area contributed by atoms with E-state index in [1.165, 1.54) is 18.2 Å². The van der Waals surface area contributed by atoms with Crippen LogP contribution in [0, 0.1) is 5.82 Å². The Bertz CT molecular complexity index is 447. The molecular weight excluding hydrogens is 241 g/mol. The fourth-order valence-corrected chi connectivity index (χ4v) is 2.47. The molecule has 84 valence electrons. The maximum Gasteiger partial charge on any atom is 0.243 e. The van der Waals surface area contributed by atoms with Gasteiger partial charge in [0.2, 0.25) is 10.0 Å². The number of sulfonamides is 1. The molecule has 0 aromatic heterocycles. The highest BCUT2D eigenvalue weighted by molar-refractivity contribution is 7.89. The van der Waals surface area contributed by atoms with E-state index in [4.69, 9.17) is 11.6 Å². The molecule has 0 atom stereocenters. The molecule has 0 fully saturated rings. The third kappa shape index (κ3) is 2.90. The van der Waals surface area contributed by atoms with Crippen molar-refractivity contribution < 1.29 is 12.8 Å². The summed E-state index contributed by atoms with van der Waals surface area (Å²) in [5.74, 6) is -0.914. The van der Waals surface area contributed by atoms with E-state index in [0.29, 0.717) is 6.42 Å². The van der Waals surface area contributed by atoms with Crippen molar-refractivity contribution in [1.82, 2.24) is 4.72 Å². The number of nitrogens with one attached hydrogen (secondary N) is 1. The van der Waals surface area contributed by atoms with E-state index in [1.54, 1.807) is 0 Å². The van der Waals surface area contributed by atoms with Crippen LogP contribution in [0.25, 0.3) is 0 Å². The van der Waals surface area contributed by atoms with Crippen LogP contribution >= 0.6 is 11.6 Å². The molecule has 0 radical (unpaired) electrons. The summed E-state index contributed by atoms with van der Waals surface area (Å²) in [7, 11) is -3.79. The van der Waals surface area contributed by atoms with Crippen LogP contribution in [-0.2, 0) is 10.0 Å². The third-order valence-electron chi connectivity index (χ3n) is 1.75. The van der Waals surface area contributed by atoms with E-state index >= 15 is 0 Å². The number of halogens is 2. The standard InChI is InChI=1S/C9H11ClFNO2S/c1-2-6-12-15(13,14)8-5-3-4-7(10)9(8)11/h3-5,12H,2,6H2,1H3. The maximum atomic E-state index is 13.4. The molecule has 0 saturated carbocycles. The maximum absolute atomic E-state index is 13.4. The van der Waals surface area contributed by atoms with Crippen LogP contribution in [0.1, 0.15) is 13.3 Å². The first-order chi connectivity index (χ1) is 6.99. The van der Waals surface area contributed by atoms with Gasteiger partial charge in [-0.1, -0.05) is 24.6 Å². The normalized spacial score (nSPS) is 11.7. The molecule has 0 heterocycles. The Morgan fingerprint density at radius 2 is 2.13 bits per heavy atom. The largest absolute Gasteiger partial charge is 0.243 e. The molecule has 1 rings (SSSR count). The summed E-state index contributed by atoms with van der Waals surface area (Å²) in [5.41, 5.74) is 0. The third-order valence-corrected chi connectivity index (χ3v) is 3.52. The number of hydrogen-bond acceptors (Lipinski definition) is 2. The Morgan fingerprint density at radius 3 is 2.73 bits per heavy atom. The monoisotopic (exact) mass is 251 g/mol. The summed E-state index contributed by atoms with van der Waals surface area (Å²) in [5, 5.41) is -0.200. The molecule has 0 aliphatic carbocycles. The SMILES string of the molecule is CCCNS(=O)(=O)c1cccc(Cl)c1F. The van der Waals surface area contributed by atoms with Crippen molar-refractivity contribution in [3.8, 4) is 0 Å². The molecule has 0 aliphatic heterocycles. The van der Waals surface area contributed by atoms with Crippen molar-refractivity contribution in [2.24, 2.45) is 0 Å². The average Bonchev–Trinajstić information content (AvgIpc) is 2.19. The molecule has 0 unspecified atom stereocenters. The summed E-state index contributed by atoms with van der Waals surface area (Å²) >= 11 is 5.49. The summed E-state index contributed by atoms with van der Waals surface area (Å²) in [6, 6.07) is 3.88. The van der Waals surface area contributed by atoms with Gasteiger partial charge in [-0.2, -0.15) is 0 Å². The van der Waals surface area contributed by atoms with Crippen LogP contribution in [0.5, 0.6) is 0 Å². The van der Waals surface area contributed by atoms with Gasteiger partial charge >= 0.3 is 0 Å². The predicted octanol–water partition coefficient (Wildman–Crippen LogP) is 2.17. The fourth-order valence-electron chi connectivity index (χ4n) is 1.01. The van der Waals surface area contributed by atoms with Gasteiger partial charge in [-0.3, -0.25) is 0 Å². The van der Waals surface area contributed by atoms with Crippen LogP contribution in [0.15, 0.2) is 23.1 Å². The minimum Gasteiger partial charge on any atom is -0.211 e. The van der Waals surface area contributed by atoms with Crippen LogP contribution < -0.4 is 4.72 Å². The second-order valence-electron chi connectivity index (χ2n) is 2.95. The second kappa shape index (κ2) is 4.92. The topological polar surface area (TPSA) is 46.2 Å². The van der Waals surface area contributed by atoms with Gasteiger partial charge in [0.05, 0.1) is 5.02 Å². The molecular formula is C9H11ClFNO2S. The minimum absolute atomic E-state index is 0.200. The highest BCUT2D eigenvalue weighted by Gasteiger charge is 2.19.